The lowest BCUT2D eigenvalue weighted by Crippen LogP contribution is -2.35. The Bertz CT molecular complexity index is 933. The smallest absolute Gasteiger partial charge is 0.255 e. The quantitative estimate of drug-likeness (QED) is 0.773. The topological polar surface area (TPSA) is 69.2 Å². The molecule has 0 spiro atoms. The Hall–Kier alpha value is -2.92. The summed E-state index contributed by atoms with van der Waals surface area (Å²) in [5.41, 5.74) is 3.63. The second-order valence-corrected chi connectivity index (χ2v) is 6.33. The molecular formula is C20H19N3O2. The predicted molar refractivity (Wildman–Crippen MR) is 96.2 cm³/mol. The molecule has 0 saturated heterocycles. The highest BCUT2D eigenvalue weighted by molar-refractivity contribution is 5.54. The highest BCUT2D eigenvalue weighted by atomic mass is 16.3. The number of rotatable bonds is 3. The van der Waals surface area contributed by atoms with E-state index in [-0.39, 0.29) is 11.3 Å². The molecule has 2 N–H and O–H groups in total. The van der Waals surface area contributed by atoms with E-state index in [0.29, 0.717) is 12.4 Å². The first-order chi connectivity index (χ1) is 12.2. The molecule has 0 saturated carbocycles. The van der Waals surface area contributed by atoms with Gasteiger partial charge in [-0.3, -0.25) is 9.69 Å². The van der Waals surface area contributed by atoms with E-state index in [1.54, 1.807) is 12.1 Å². The summed E-state index contributed by atoms with van der Waals surface area (Å²) >= 11 is 0. The molecule has 0 amide bonds. The molecule has 4 rings (SSSR count). The number of phenols is 1. The Balaban J connectivity index is 1.57. The molecule has 3 aromatic rings. The number of aromatic nitrogens is 2. The molecule has 0 radical (unpaired) electrons. The second kappa shape index (κ2) is 6.53. The number of aromatic hydroxyl groups is 1. The lowest BCUT2D eigenvalue weighted by atomic mass is 10.1. The Morgan fingerprint density at radius 3 is 2.60 bits per heavy atom. The molecule has 2 heterocycles. The number of fused-ring (bicyclic) bond motifs is 1. The van der Waals surface area contributed by atoms with E-state index < -0.39 is 0 Å². The van der Waals surface area contributed by atoms with Gasteiger partial charge in [-0.05, 0) is 17.7 Å². The summed E-state index contributed by atoms with van der Waals surface area (Å²) in [6.07, 6.45) is 0.761. The van der Waals surface area contributed by atoms with E-state index in [1.807, 2.05) is 42.5 Å². The Morgan fingerprint density at radius 1 is 1.08 bits per heavy atom. The van der Waals surface area contributed by atoms with E-state index in [0.717, 1.165) is 41.9 Å². The van der Waals surface area contributed by atoms with Crippen LogP contribution < -0.4 is 5.56 Å². The van der Waals surface area contributed by atoms with Crippen molar-refractivity contribution >= 4 is 0 Å². The molecule has 2 aromatic carbocycles. The zero-order valence-corrected chi connectivity index (χ0v) is 13.8. The minimum atomic E-state index is -0.0562. The van der Waals surface area contributed by atoms with Gasteiger partial charge in [-0.1, -0.05) is 42.5 Å². The van der Waals surface area contributed by atoms with E-state index in [9.17, 15) is 9.90 Å². The van der Waals surface area contributed by atoms with Crippen molar-refractivity contribution in [3.8, 4) is 17.1 Å². The first-order valence-corrected chi connectivity index (χ1v) is 8.37. The van der Waals surface area contributed by atoms with Gasteiger partial charge in [-0.15, -0.1) is 0 Å². The van der Waals surface area contributed by atoms with E-state index in [1.165, 1.54) is 0 Å². The van der Waals surface area contributed by atoms with Crippen molar-refractivity contribution in [3.05, 3.63) is 81.8 Å². The maximum absolute atomic E-state index is 12.5. The van der Waals surface area contributed by atoms with E-state index >= 15 is 0 Å². The third-order valence-corrected chi connectivity index (χ3v) is 4.54. The highest BCUT2D eigenvalue weighted by Gasteiger charge is 2.21. The van der Waals surface area contributed by atoms with Gasteiger partial charge in [0.15, 0.2) is 0 Å². The third-order valence-electron chi connectivity index (χ3n) is 4.54. The summed E-state index contributed by atoms with van der Waals surface area (Å²) < 4.78 is 0. The number of phenolic OH excluding ortho intramolecular Hbond substituents is 1. The number of hydrogen-bond acceptors (Lipinski definition) is 4. The fourth-order valence-corrected chi connectivity index (χ4v) is 3.21. The maximum Gasteiger partial charge on any atom is 0.255 e. The summed E-state index contributed by atoms with van der Waals surface area (Å²) in [5, 5.41) is 9.38. The molecule has 5 nitrogen and oxygen atoms in total. The van der Waals surface area contributed by atoms with Gasteiger partial charge in [-0.2, -0.15) is 0 Å². The van der Waals surface area contributed by atoms with Crippen molar-refractivity contribution < 1.29 is 5.11 Å². The van der Waals surface area contributed by atoms with Gasteiger partial charge in [0.05, 0.1) is 11.3 Å². The molecule has 5 heteroatoms. The number of nitrogens with one attached hydrogen (secondary N) is 1. The lowest BCUT2D eigenvalue weighted by Gasteiger charge is -2.27. The standard InChI is InChI=1S/C20H19N3O2/c24-16-8-6-14(7-9-16)12-23-11-10-18-17(13-23)20(25)22-19(21-18)15-4-2-1-3-5-15/h1-9,24H,10-13H2,(H,21,22,25). The monoisotopic (exact) mass is 333 g/mol. The molecule has 0 fully saturated rings. The van der Waals surface area contributed by atoms with Crippen molar-refractivity contribution in [1.29, 1.82) is 0 Å². The first kappa shape index (κ1) is 15.6. The van der Waals surface area contributed by atoms with Crippen LogP contribution in [0.25, 0.3) is 11.4 Å². The van der Waals surface area contributed by atoms with Gasteiger partial charge in [0.25, 0.3) is 5.56 Å². The molecule has 0 unspecified atom stereocenters. The zero-order chi connectivity index (χ0) is 17.2. The molecule has 1 aliphatic rings. The van der Waals surface area contributed by atoms with Crippen LogP contribution in [-0.2, 0) is 19.5 Å². The molecule has 126 valence electrons. The number of benzene rings is 2. The zero-order valence-electron chi connectivity index (χ0n) is 13.8. The van der Waals surface area contributed by atoms with Crippen LogP contribution in [0.15, 0.2) is 59.4 Å². The van der Waals surface area contributed by atoms with Crippen molar-refractivity contribution in [2.24, 2.45) is 0 Å². The van der Waals surface area contributed by atoms with E-state index in [4.69, 9.17) is 0 Å². The van der Waals surface area contributed by atoms with Crippen LogP contribution in [0.5, 0.6) is 5.75 Å². The average molecular weight is 333 g/mol. The summed E-state index contributed by atoms with van der Waals surface area (Å²) in [6, 6.07) is 16.9. The van der Waals surface area contributed by atoms with Crippen molar-refractivity contribution in [3.63, 3.8) is 0 Å². The predicted octanol–water partition coefficient (Wildman–Crippen LogP) is 2.70. The normalized spacial score (nSPS) is 14.2. The van der Waals surface area contributed by atoms with Crippen LogP contribution >= 0.6 is 0 Å². The molecular weight excluding hydrogens is 314 g/mol. The third kappa shape index (κ3) is 3.32. The van der Waals surface area contributed by atoms with Crippen LogP contribution in [0.1, 0.15) is 16.8 Å². The van der Waals surface area contributed by atoms with E-state index in [2.05, 4.69) is 14.9 Å². The van der Waals surface area contributed by atoms with Crippen LogP contribution in [0.4, 0.5) is 0 Å². The molecule has 1 aliphatic heterocycles. The van der Waals surface area contributed by atoms with Crippen molar-refractivity contribution in [1.82, 2.24) is 14.9 Å². The van der Waals surface area contributed by atoms with Crippen LogP contribution in [0, 0.1) is 0 Å². The lowest BCUT2D eigenvalue weighted by molar-refractivity contribution is 0.242. The maximum atomic E-state index is 12.5. The summed E-state index contributed by atoms with van der Waals surface area (Å²) in [6.45, 7) is 2.20. The summed E-state index contributed by atoms with van der Waals surface area (Å²) in [7, 11) is 0. The van der Waals surface area contributed by atoms with Gasteiger partial charge in [0.1, 0.15) is 11.6 Å². The average Bonchev–Trinajstić information content (AvgIpc) is 2.65. The van der Waals surface area contributed by atoms with Crippen molar-refractivity contribution in [2.75, 3.05) is 6.54 Å². The Labute approximate surface area is 145 Å². The van der Waals surface area contributed by atoms with Gasteiger partial charge in [0.2, 0.25) is 0 Å². The SMILES string of the molecule is O=c1[nH]c(-c2ccccc2)nc2c1CN(Cc1ccc(O)cc1)CC2. The van der Waals surface area contributed by atoms with Crippen LogP contribution in [0.3, 0.4) is 0 Å². The van der Waals surface area contributed by atoms with Crippen molar-refractivity contribution in [2.45, 2.75) is 19.5 Å². The summed E-state index contributed by atoms with van der Waals surface area (Å²) in [5.74, 6) is 0.901. The number of nitrogens with zero attached hydrogens (tertiary/aromatic N) is 2. The summed E-state index contributed by atoms with van der Waals surface area (Å²) in [4.78, 5) is 22.4. The van der Waals surface area contributed by atoms with Crippen LogP contribution in [0.2, 0.25) is 0 Å². The number of H-pyrrole nitrogens is 1. The minimum Gasteiger partial charge on any atom is -0.508 e. The van der Waals surface area contributed by atoms with Crippen LogP contribution in [-0.4, -0.2) is 26.5 Å². The fraction of sp³-hybridized carbons (Fsp3) is 0.200. The molecule has 0 bridgehead atoms. The molecule has 0 atom stereocenters. The van der Waals surface area contributed by atoms with Gasteiger partial charge >= 0.3 is 0 Å². The largest absolute Gasteiger partial charge is 0.508 e. The Kier molecular flexibility index (Phi) is 4.07. The number of aromatic amines is 1. The van der Waals surface area contributed by atoms with Gasteiger partial charge < -0.3 is 10.1 Å². The first-order valence-electron chi connectivity index (χ1n) is 8.37. The van der Waals surface area contributed by atoms with Gasteiger partial charge in [0, 0.05) is 31.6 Å². The molecule has 25 heavy (non-hydrogen) atoms. The number of hydrogen-bond donors (Lipinski definition) is 2. The second-order valence-electron chi connectivity index (χ2n) is 6.33. The van der Waals surface area contributed by atoms with Gasteiger partial charge in [-0.25, -0.2) is 4.98 Å². The highest BCUT2D eigenvalue weighted by Crippen LogP contribution is 2.20. The Morgan fingerprint density at radius 2 is 1.84 bits per heavy atom. The molecule has 0 aliphatic carbocycles. The molecule has 1 aromatic heterocycles. The minimum absolute atomic E-state index is 0.0562. The fourth-order valence-electron chi connectivity index (χ4n) is 3.21.